The van der Waals surface area contributed by atoms with Gasteiger partial charge in [0.15, 0.2) is 0 Å². The lowest BCUT2D eigenvalue weighted by atomic mass is 10.1. The number of hydrogen-bond acceptors (Lipinski definition) is 6. The minimum atomic E-state index is -1.20. The lowest BCUT2D eigenvalue weighted by Crippen LogP contribution is -2.31. The molecule has 0 bridgehead atoms. The third-order valence-electron chi connectivity index (χ3n) is 3.19. The predicted molar refractivity (Wildman–Crippen MR) is 67.3 cm³/mol. The Morgan fingerprint density at radius 1 is 1.19 bits per heavy atom. The van der Waals surface area contributed by atoms with Gasteiger partial charge in [0, 0.05) is 18.6 Å². The number of imide groups is 1. The van der Waals surface area contributed by atoms with Gasteiger partial charge < -0.3 is 9.90 Å². The Kier molecular flexibility index (Phi) is 3.97. The topological polar surface area (TPSA) is 121 Å². The highest BCUT2D eigenvalue weighted by Gasteiger charge is 2.40. The van der Waals surface area contributed by atoms with Crippen molar-refractivity contribution in [1.82, 2.24) is 4.90 Å². The molecular formula is C13H11N2O6-. The minimum absolute atomic E-state index is 0.00843. The van der Waals surface area contributed by atoms with E-state index in [2.05, 4.69) is 0 Å². The van der Waals surface area contributed by atoms with Gasteiger partial charge in [-0.15, -0.1) is 0 Å². The first kappa shape index (κ1) is 14.6. The first-order chi connectivity index (χ1) is 9.93. The molecule has 0 radical (unpaired) electrons. The molecule has 1 aliphatic heterocycles. The molecule has 0 unspecified atom stereocenters. The van der Waals surface area contributed by atoms with Crippen LogP contribution < -0.4 is 5.11 Å². The van der Waals surface area contributed by atoms with Crippen LogP contribution in [-0.4, -0.2) is 34.2 Å². The lowest BCUT2D eigenvalue weighted by molar-refractivity contribution is -0.385. The number of carboxylic acid groups (broad SMARTS) is 1. The zero-order valence-electron chi connectivity index (χ0n) is 10.9. The summed E-state index contributed by atoms with van der Waals surface area (Å²) in [6.07, 6.45) is 0.397. The van der Waals surface area contributed by atoms with Crippen LogP contribution in [-0.2, 0) is 4.79 Å². The van der Waals surface area contributed by atoms with Crippen LogP contribution in [0.5, 0.6) is 0 Å². The maximum atomic E-state index is 12.1. The quantitative estimate of drug-likeness (QED) is 0.317. The highest BCUT2D eigenvalue weighted by molar-refractivity contribution is 6.23. The molecule has 0 saturated carbocycles. The Morgan fingerprint density at radius 2 is 1.90 bits per heavy atom. The fraction of sp³-hybridized carbons (Fsp3) is 0.308. The van der Waals surface area contributed by atoms with Crippen LogP contribution in [0.2, 0.25) is 0 Å². The Bertz CT molecular complexity index is 640. The van der Waals surface area contributed by atoms with Gasteiger partial charge in [-0.1, -0.05) is 6.07 Å². The molecule has 21 heavy (non-hydrogen) atoms. The van der Waals surface area contributed by atoms with Gasteiger partial charge >= 0.3 is 0 Å². The number of benzene rings is 1. The van der Waals surface area contributed by atoms with Gasteiger partial charge in [-0.2, -0.15) is 0 Å². The largest absolute Gasteiger partial charge is 0.550 e. The third kappa shape index (κ3) is 2.73. The van der Waals surface area contributed by atoms with E-state index < -0.39 is 28.4 Å². The second-order valence-electron chi connectivity index (χ2n) is 4.55. The van der Waals surface area contributed by atoms with Gasteiger partial charge in [0.2, 0.25) is 0 Å². The number of nitro benzene ring substituents is 1. The Labute approximate surface area is 119 Å². The van der Waals surface area contributed by atoms with Gasteiger partial charge in [-0.05, 0) is 25.3 Å². The smallest absolute Gasteiger partial charge is 0.282 e. The van der Waals surface area contributed by atoms with E-state index >= 15 is 0 Å². The highest BCUT2D eigenvalue weighted by Crippen LogP contribution is 2.30. The molecule has 8 nitrogen and oxygen atoms in total. The van der Waals surface area contributed by atoms with Crippen molar-refractivity contribution in [3.8, 4) is 0 Å². The van der Waals surface area contributed by atoms with Crippen LogP contribution >= 0.6 is 0 Å². The summed E-state index contributed by atoms with van der Waals surface area (Å²) in [6, 6.07) is 3.88. The molecule has 1 aliphatic rings. The van der Waals surface area contributed by atoms with Crippen molar-refractivity contribution in [2.45, 2.75) is 19.3 Å². The predicted octanol–water partition coefficient (Wildman–Crippen LogP) is 0.111. The molecule has 110 valence electrons. The second-order valence-corrected chi connectivity index (χ2v) is 4.55. The van der Waals surface area contributed by atoms with Crippen LogP contribution in [0.1, 0.15) is 40.0 Å². The van der Waals surface area contributed by atoms with Crippen molar-refractivity contribution in [2.75, 3.05) is 6.54 Å². The summed E-state index contributed by atoms with van der Waals surface area (Å²) in [6.45, 7) is 0.0246. The van der Waals surface area contributed by atoms with E-state index in [9.17, 15) is 29.6 Å². The lowest BCUT2D eigenvalue weighted by Gasteiger charge is -2.13. The summed E-state index contributed by atoms with van der Waals surface area (Å²) in [4.78, 5) is 45.6. The molecule has 8 heteroatoms. The maximum Gasteiger partial charge on any atom is 0.282 e. The number of unbranched alkanes of at least 4 members (excludes halogenated alkanes) is 1. The Hall–Kier alpha value is -2.77. The normalized spacial score (nSPS) is 13.4. The SMILES string of the molecule is O=C([O-])CCCCN1C(=O)c2cccc([N+](=O)[O-])c2C1=O. The molecule has 1 heterocycles. The van der Waals surface area contributed by atoms with E-state index in [-0.39, 0.29) is 30.5 Å². The number of carbonyl (C=O) groups excluding carboxylic acids is 3. The van der Waals surface area contributed by atoms with Crippen molar-refractivity contribution in [3.63, 3.8) is 0 Å². The number of carboxylic acids is 1. The fourth-order valence-corrected chi connectivity index (χ4v) is 2.21. The summed E-state index contributed by atoms with van der Waals surface area (Å²) in [7, 11) is 0. The molecule has 0 N–H and O–H groups in total. The van der Waals surface area contributed by atoms with E-state index in [4.69, 9.17) is 0 Å². The number of amides is 2. The summed E-state index contributed by atoms with van der Waals surface area (Å²) in [5.41, 5.74) is -0.593. The van der Waals surface area contributed by atoms with Crippen LogP contribution in [0, 0.1) is 10.1 Å². The van der Waals surface area contributed by atoms with Crippen molar-refractivity contribution >= 4 is 23.5 Å². The number of aliphatic carboxylic acids is 1. The molecule has 0 spiro atoms. The van der Waals surface area contributed by atoms with Gasteiger partial charge in [0.1, 0.15) is 5.56 Å². The average Bonchev–Trinajstić information content (AvgIpc) is 2.67. The van der Waals surface area contributed by atoms with Crippen LogP contribution in [0.25, 0.3) is 0 Å². The molecule has 0 aromatic heterocycles. The van der Waals surface area contributed by atoms with Gasteiger partial charge in [-0.25, -0.2) is 0 Å². The van der Waals surface area contributed by atoms with E-state index in [1.165, 1.54) is 18.2 Å². The third-order valence-corrected chi connectivity index (χ3v) is 3.19. The average molecular weight is 291 g/mol. The van der Waals surface area contributed by atoms with Gasteiger partial charge in [-0.3, -0.25) is 24.6 Å². The van der Waals surface area contributed by atoms with Crippen LogP contribution in [0.15, 0.2) is 18.2 Å². The number of rotatable bonds is 6. The molecule has 2 amide bonds. The van der Waals surface area contributed by atoms with Crippen LogP contribution in [0.3, 0.4) is 0 Å². The van der Waals surface area contributed by atoms with E-state index in [0.29, 0.717) is 6.42 Å². The molecule has 2 rings (SSSR count). The first-order valence-electron chi connectivity index (χ1n) is 6.27. The van der Waals surface area contributed by atoms with Crippen molar-refractivity contribution < 1.29 is 24.4 Å². The monoisotopic (exact) mass is 291 g/mol. The Balaban J connectivity index is 2.17. The molecule has 0 atom stereocenters. The van der Waals surface area contributed by atoms with Crippen molar-refractivity contribution in [2.24, 2.45) is 0 Å². The van der Waals surface area contributed by atoms with Gasteiger partial charge in [0.25, 0.3) is 17.5 Å². The maximum absolute atomic E-state index is 12.1. The molecule has 0 fully saturated rings. The number of fused-ring (bicyclic) bond motifs is 1. The first-order valence-corrected chi connectivity index (χ1v) is 6.27. The number of hydrogen-bond donors (Lipinski definition) is 0. The molecule has 0 aliphatic carbocycles. The van der Waals surface area contributed by atoms with Gasteiger partial charge in [0.05, 0.1) is 10.5 Å². The standard InChI is InChI=1S/C13H12N2O6/c16-10(17)6-1-2-7-14-12(18)8-4-3-5-9(15(20)21)11(8)13(14)19/h3-5H,1-2,6-7H2,(H,16,17)/p-1. The summed E-state index contributed by atoms with van der Waals surface area (Å²) < 4.78 is 0. The summed E-state index contributed by atoms with van der Waals surface area (Å²) in [5, 5.41) is 21.2. The molecular weight excluding hydrogens is 280 g/mol. The van der Waals surface area contributed by atoms with E-state index in [1.54, 1.807) is 0 Å². The van der Waals surface area contributed by atoms with Crippen molar-refractivity contribution in [3.05, 3.63) is 39.4 Å². The molecule has 1 aromatic rings. The van der Waals surface area contributed by atoms with E-state index in [0.717, 1.165) is 4.90 Å². The Morgan fingerprint density at radius 3 is 2.52 bits per heavy atom. The van der Waals surface area contributed by atoms with E-state index in [1.807, 2.05) is 0 Å². The molecule has 1 aromatic carbocycles. The zero-order chi connectivity index (χ0) is 15.6. The number of nitrogens with zero attached hydrogens (tertiary/aromatic N) is 2. The summed E-state index contributed by atoms with van der Waals surface area (Å²) >= 11 is 0. The molecule has 0 saturated heterocycles. The van der Waals surface area contributed by atoms with Crippen LogP contribution in [0.4, 0.5) is 5.69 Å². The summed E-state index contributed by atoms with van der Waals surface area (Å²) in [5.74, 6) is -2.50. The van der Waals surface area contributed by atoms with Crippen molar-refractivity contribution in [1.29, 1.82) is 0 Å². The zero-order valence-corrected chi connectivity index (χ0v) is 10.9. The second kappa shape index (κ2) is 5.70. The number of nitro groups is 1. The highest BCUT2D eigenvalue weighted by atomic mass is 16.6. The minimum Gasteiger partial charge on any atom is -0.550 e. The fourth-order valence-electron chi connectivity index (χ4n) is 2.21. The number of carbonyl (C=O) groups is 3.